The number of benzene rings is 1. The van der Waals surface area contributed by atoms with Crippen molar-refractivity contribution in [2.24, 2.45) is 0 Å². The van der Waals surface area contributed by atoms with Crippen molar-refractivity contribution in [2.75, 3.05) is 6.54 Å². The molecule has 1 nitrogen and oxygen atoms in total. The summed E-state index contributed by atoms with van der Waals surface area (Å²) in [6, 6.07) is 11.5. The van der Waals surface area contributed by atoms with Gasteiger partial charge in [0, 0.05) is 9.75 Å². The van der Waals surface area contributed by atoms with Crippen LogP contribution in [0.1, 0.15) is 45.8 Å². The number of aryl methyl sites for hydroxylation is 3. The van der Waals surface area contributed by atoms with Crippen LogP contribution in [0.2, 0.25) is 0 Å². The Balaban J connectivity index is 2.38. The monoisotopic (exact) mass is 273 g/mol. The first-order chi connectivity index (χ1) is 9.11. The molecule has 102 valence electrons. The van der Waals surface area contributed by atoms with Crippen molar-refractivity contribution in [1.29, 1.82) is 0 Å². The Hall–Kier alpha value is -1.12. The van der Waals surface area contributed by atoms with Crippen LogP contribution >= 0.6 is 11.3 Å². The second-order valence-corrected chi connectivity index (χ2v) is 6.63. The fourth-order valence-electron chi connectivity index (χ4n) is 2.48. The van der Waals surface area contributed by atoms with Gasteiger partial charge in [0.05, 0.1) is 6.04 Å². The Kier molecular flexibility index (Phi) is 4.78. The largest absolute Gasteiger partial charge is 0.306 e. The molecule has 0 amide bonds. The van der Waals surface area contributed by atoms with Crippen LogP contribution < -0.4 is 5.32 Å². The number of thiophene rings is 1. The summed E-state index contributed by atoms with van der Waals surface area (Å²) in [5.41, 5.74) is 4.13. The van der Waals surface area contributed by atoms with E-state index in [0.717, 1.165) is 13.0 Å². The third kappa shape index (κ3) is 3.46. The maximum atomic E-state index is 3.69. The third-order valence-electron chi connectivity index (χ3n) is 3.36. The smallest absolute Gasteiger partial charge is 0.0587 e. The van der Waals surface area contributed by atoms with E-state index in [1.54, 1.807) is 0 Å². The summed E-state index contributed by atoms with van der Waals surface area (Å²) >= 11 is 1.89. The van der Waals surface area contributed by atoms with Crippen molar-refractivity contribution in [3.8, 4) is 0 Å². The Labute approximate surface area is 120 Å². The van der Waals surface area contributed by atoms with Gasteiger partial charge in [-0.1, -0.05) is 36.8 Å². The van der Waals surface area contributed by atoms with Gasteiger partial charge in [0.25, 0.3) is 0 Å². The number of hydrogen-bond acceptors (Lipinski definition) is 2. The average molecular weight is 273 g/mol. The molecule has 0 bridgehead atoms. The van der Waals surface area contributed by atoms with Gasteiger partial charge in [0.1, 0.15) is 0 Å². The molecule has 0 saturated heterocycles. The molecule has 0 aliphatic rings. The predicted molar refractivity (Wildman–Crippen MR) is 85.1 cm³/mol. The molecule has 1 aromatic carbocycles. The van der Waals surface area contributed by atoms with Crippen LogP contribution in [0.25, 0.3) is 0 Å². The molecular weight excluding hydrogens is 250 g/mol. The standard InChI is InChI=1S/C17H23NS/c1-5-9-18-17(15-8-6-7-12(2)10-15)16-11-13(3)19-14(16)4/h6-8,10-11,17-18H,5,9H2,1-4H3. The van der Waals surface area contributed by atoms with E-state index < -0.39 is 0 Å². The molecule has 0 radical (unpaired) electrons. The maximum absolute atomic E-state index is 3.69. The molecule has 1 unspecified atom stereocenters. The van der Waals surface area contributed by atoms with Crippen molar-refractivity contribution in [2.45, 2.75) is 40.2 Å². The van der Waals surface area contributed by atoms with Gasteiger partial charge in [-0.2, -0.15) is 0 Å². The highest BCUT2D eigenvalue weighted by atomic mass is 32.1. The molecule has 0 aliphatic carbocycles. The highest BCUT2D eigenvalue weighted by Crippen LogP contribution is 2.31. The molecule has 1 heterocycles. The van der Waals surface area contributed by atoms with Crippen molar-refractivity contribution >= 4 is 11.3 Å². The Bertz CT molecular complexity index is 542. The quantitative estimate of drug-likeness (QED) is 0.828. The summed E-state index contributed by atoms with van der Waals surface area (Å²) in [5, 5.41) is 3.69. The highest BCUT2D eigenvalue weighted by Gasteiger charge is 2.17. The fraction of sp³-hybridized carbons (Fsp3) is 0.412. The van der Waals surface area contributed by atoms with Gasteiger partial charge in [-0.15, -0.1) is 11.3 Å². The first-order valence-electron chi connectivity index (χ1n) is 6.98. The summed E-state index contributed by atoms with van der Waals surface area (Å²) in [7, 11) is 0. The molecule has 0 fully saturated rings. The lowest BCUT2D eigenvalue weighted by atomic mass is 9.97. The van der Waals surface area contributed by atoms with Gasteiger partial charge in [0.2, 0.25) is 0 Å². The minimum Gasteiger partial charge on any atom is -0.306 e. The van der Waals surface area contributed by atoms with E-state index in [1.165, 1.54) is 26.4 Å². The van der Waals surface area contributed by atoms with E-state index in [1.807, 2.05) is 11.3 Å². The van der Waals surface area contributed by atoms with Crippen LogP contribution in [0.4, 0.5) is 0 Å². The number of rotatable bonds is 5. The van der Waals surface area contributed by atoms with Gasteiger partial charge in [-0.3, -0.25) is 0 Å². The molecule has 0 spiro atoms. The second kappa shape index (κ2) is 6.36. The fourth-order valence-corrected chi connectivity index (χ4v) is 3.45. The zero-order valence-electron chi connectivity index (χ0n) is 12.3. The van der Waals surface area contributed by atoms with Crippen LogP contribution in [0.3, 0.4) is 0 Å². The van der Waals surface area contributed by atoms with Gasteiger partial charge in [-0.05, 0) is 50.9 Å². The van der Waals surface area contributed by atoms with Crippen molar-refractivity contribution in [3.05, 3.63) is 56.8 Å². The summed E-state index contributed by atoms with van der Waals surface area (Å²) in [6.45, 7) is 9.84. The highest BCUT2D eigenvalue weighted by molar-refractivity contribution is 7.12. The Morgan fingerprint density at radius 3 is 2.53 bits per heavy atom. The molecule has 1 N–H and O–H groups in total. The first-order valence-corrected chi connectivity index (χ1v) is 7.80. The topological polar surface area (TPSA) is 12.0 Å². The van der Waals surface area contributed by atoms with Gasteiger partial charge < -0.3 is 5.32 Å². The van der Waals surface area contributed by atoms with Crippen molar-refractivity contribution in [1.82, 2.24) is 5.32 Å². The SMILES string of the molecule is CCCNC(c1cccc(C)c1)c1cc(C)sc1C. The van der Waals surface area contributed by atoms with Crippen LogP contribution in [0, 0.1) is 20.8 Å². The molecule has 1 aromatic heterocycles. The maximum Gasteiger partial charge on any atom is 0.0587 e. The minimum atomic E-state index is 0.324. The van der Waals surface area contributed by atoms with Crippen LogP contribution in [-0.2, 0) is 0 Å². The lowest BCUT2D eigenvalue weighted by Gasteiger charge is -2.20. The first kappa shape index (κ1) is 14.3. The van der Waals surface area contributed by atoms with Gasteiger partial charge in [-0.25, -0.2) is 0 Å². The van der Waals surface area contributed by atoms with E-state index in [-0.39, 0.29) is 0 Å². The minimum absolute atomic E-state index is 0.324. The van der Waals surface area contributed by atoms with E-state index in [9.17, 15) is 0 Å². The normalized spacial score (nSPS) is 12.6. The summed E-state index contributed by atoms with van der Waals surface area (Å²) in [4.78, 5) is 2.82. The molecular formula is C17H23NS. The van der Waals surface area contributed by atoms with E-state index in [2.05, 4.69) is 63.3 Å². The van der Waals surface area contributed by atoms with E-state index in [4.69, 9.17) is 0 Å². The van der Waals surface area contributed by atoms with Crippen LogP contribution in [0.5, 0.6) is 0 Å². The van der Waals surface area contributed by atoms with Crippen LogP contribution in [-0.4, -0.2) is 6.54 Å². The Morgan fingerprint density at radius 2 is 1.95 bits per heavy atom. The summed E-state index contributed by atoms with van der Waals surface area (Å²) < 4.78 is 0. The summed E-state index contributed by atoms with van der Waals surface area (Å²) in [5.74, 6) is 0. The average Bonchev–Trinajstić information content (AvgIpc) is 2.69. The van der Waals surface area contributed by atoms with E-state index in [0.29, 0.717) is 6.04 Å². The number of hydrogen-bond donors (Lipinski definition) is 1. The van der Waals surface area contributed by atoms with Gasteiger partial charge in [0.15, 0.2) is 0 Å². The molecule has 2 heteroatoms. The summed E-state index contributed by atoms with van der Waals surface area (Å²) in [6.07, 6.45) is 1.16. The lowest BCUT2D eigenvalue weighted by molar-refractivity contribution is 0.597. The van der Waals surface area contributed by atoms with Crippen molar-refractivity contribution in [3.63, 3.8) is 0 Å². The van der Waals surface area contributed by atoms with Crippen LogP contribution in [0.15, 0.2) is 30.3 Å². The molecule has 0 aliphatic heterocycles. The molecule has 2 rings (SSSR count). The number of nitrogens with one attached hydrogen (secondary N) is 1. The zero-order chi connectivity index (χ0) is 13.8. The molecule has 2 aromatic rings. The second-order valence-electron chi connectivity index (χ2n) is 5.17. The molecule has 0 saturated carbocycles. The van der Waals surface area contributed by atoms with Crippen molar-refractivity contribution < 1.29 is 0 Å². The third-order valence-corrected chi connectivity index (χ3v) is 4.35. The van der Waals surface area contributed by atoms with E-state index >= 15 is 0 Å². The zero-order valence-corrected chi connectivity index (χ0v) is 13.1. The molecule has 1 atom stereocenters. The molecule has 19 heavy (non-hydrogen) atoms. The van der Waals surface area contributed by atoms with Gasteiger partial charge >= 0.3 is 0 Å². The lowest BCUT2D eigenvalue weighted by Crippen LogP contribution is -2.23. The predicted octanol–water partition coefficient (Wildman–Crippen LogP) is 4.76. The Morgan fingerprint density at radius 1 is 1.16 bits per heavy atom.